The maximum Gasteiger partial charge on any atom is 0.335 e. The minimum absolute atomic E-state index is 0.0155. The Labute approximate surface area is 779 Å². The molecule has 36 nitrogen and oxygen atoms in total. The summed E-state index contributed by atoms with van der Waals surface area (Å²) in [6.45, 7) is 48.8. The number of alkyl halides is 5. The van der Waals surface area contributed by atoms with E-state index in [2.05, 4.69) is 170 Å². The molecular formula is C85H121F4IN10O26Si6. The Balaban J connectivity index is 0.000000212. The molecule has 0 bridgehead atoms. The van der Waals surface area contributed by atoms with Gasteiger partial charge in [-0.15, -0.1) is 30.4 Å². The number of H-pyrrole nitrogens is 5. The van der Waals surface area contributed by atoms with Crippen LogP contribution in [0.15, 0.2) is 122 Å². The van der Waals surface area contributed by atoms with Crippen LogP contribution in [-0.2, 0) is 49.6 Å². The molecule has 0 spiro atoms. The fourth-order valence-corrected chi connectivity index (χ4v) is 40.8. The van der Waals surface area contributed by atoms with Crippen molar-refractivity contribution in [2.24, 2.45) is 0 Å². The number of aromatic nitrogens is 10. The van der Waals surface area contributed by atoms with Gasteiger partial charge in [0.1, 0.15) is 64.6 Å². The molecule has 7 saturated heterocycles. The second kappa shape index (κ2) is 41.8. The van der Waals surface area contributed by atoms with Crippen LogP contribution in [0.4, 0.5) is 17.6 Å². The number of aliphatic hydroxyl groups is 5. The zero-order valence-electron chi connectivity index (χ0n) is 77.7. The number of aliphatic hydroxyl groups excluding tert-OH is 4. The maximum absolute atomic E-state index is 17.6. The van der Waals surface area contributed by atoms with Crippen molar-refractivity contribution in [2.75, 3.05) is 24.2 Å². The molecule has 12 heterocycles. The SMILES string of the molecule is C#C[C@@]1(F)[C@H](O)C(=C)O[C@H]1n1ccc(=O)[nH]c1=O.C#C[C@@]1(F)[C@H](O)[C@@H](CI)O[C@H]1n1ccc(=O)[nH]c1=O.C#C[C@@]1(F)[C@H](O)[C@@H](CO)O[C@H]1n1ccc(=O)[nH]c1=O.CC(C)[Si]1(C(C)C)OC[C@H]2O[C@@H](n3ccc(=O)[nH]c3=O)[C@@](F)(C#C[Si](C)(C)C)[C@@H]2O[Si](C(C)C)(C(C)C)O1.CC(C)[Si]1(C(C)C)OC[C@H]2O[C@@H](n3ccc(=O)[nH]c3=O)[C@](O)(C#C[Si](C)(C)C)[C@@H]2O[Si](C(C)C)(C(C)C)O1. The summed E-state index contributed by atoms with van der Waals surface area (Å²) in [6, 6.07) is 5.45. The first-order valence-corrected chi connectivity index (χ1v) is 59.3. The van der Waals surface area contributed by atoms with Crippen molar-refractivity contribution in [1.82, 2.24) is 47.8 Å². The van der Waals surface area contributed by atoms with E-state index in [1.165, 1.54) is 29.1 Å². The average molecular weight is 2070 g/mol. The molecule has 47 heteroatoms. The van der Waals surface area contributed by atoms with Crippen molar-refractivity contribution in [3.8, 4) is 60.0 Å². The zero-order valence-corrected chi connectivity index (χ0v) is 85.8. The zero-order chi connectivity index (χ0) is 99.6. The monoisotopic (exact) mass is 2070 g/mol. The summed E-state index contributed by atoms with van der Waals surface area (Å²) < 4.78 is 136. The highest BCUT2D eigenvalue weighted by Crippen LogP contribution is 2.55. The van der Waals surface area contributed by atoms with E-state index in [1.807, 2.05) is 63.1 Å². The van der Waals surface area contributed by atoms with Crippen molar-refractivity contribution in [3.63, 3.8) is 0 Å². The number of nitrogens with one attached hydrogen (secondary N) is 5. The summed E-state index contributed by atoms with van der Waals surface area (Å²) in [5, 5.41) is 50.5. The smallest absolute Gasteiger partial charge is 0.335 e. The molecule has 132 heavy (non-hydrogen) atoms. The number of terminal acetylenes is 3. The third-order valence-electron chi connectivity index (χ3n) is 23.5. The van der Waals surface area contributed by atoms with Gasteiger partial charge < -0.3 is 75.2 Å². The van der Waals surface area contributed by atoms with Gasteiger partial charge in [0.2, 0.25) is 23.2 Å². The van der Waals surface area contributed by atoms with Crippen LogP contribution in [0.25, 0.3) is 0 Å². The molecule has 0 unspecified atom stereocenters. The molecule has 0 saturated carbocycles. The van der Waals surface area contributed by atoms with Crippen molar-refractivity contribution in [3.05, 3.63) is 178 Å². The summed E-state index contributed by atoms with van der Waals surface area (Å²) in [6.07, 6.45) is 2.87. The second-order valence-electron chi connectivity index (χ2n) is 37.6. The van der Waals surface area contributed by atoms with Crippen molar-refractivity contribution in [2.45, 2.75) is 309 Å². The Morgan fingerprint density at radius 1 is 0.447 bits per heavy atom. The van der Waals surface area contributed by atoms with Crippen LogP contribution in [0.2, 0.25) is 83.6 Å². The predicted molar refractivity (Wildman–Crippen MR) is 502 cm³/mol. The first kappa shape index (κ1) is 109. The van der Waals surface area contributed by atoms with Crippen LogP contribution in [0.1, 0.15) is 142 Å². The fourth-order valence-electron chi connectivity index (χ4n) is 16.5. The molecule has 0 radical (unpaired) electrons. The molecule has 7 fully saturated rings. The molecule has 5 aromatic heterocycles. The quantitative estimate of drug-likeness (QED) is 0.0190. The van der Waals surface area contributed by atoms with E-state index in [-0.39, 0.29) is 63.3 Å². The van der Waals surface area contributed by atoms with Gasteiger partial charge in [-0.2, -0.15) is 0 Å². The summed E-state index contributed by atoms with van der Waals surface area (Å²) >= 11 is 1.92. The Hall–Kier alpha value is -8.11. The molecule has 5 aromatic rings. The van der Waals surface area contributed by atoms with Crippen LogP contribution in [0, 0.1) is 60.0 Å². The third kappa shape index (κ3) is 21.8. The third-order valence-corrected chi connectivity index (χ3v) is 46.6. The van der Waals surface area contributed by atoms with Gasteiger partial charge in [0, 0.05) is 65.7 Å². The summed E-state index contributed by atoms with van der Waals surface area (Å²) in [7, 11) is -15.9. The standard InChI is InChI=1S/C26H45FN2O6Si3.C26H46N2O7Si3.C11H10FIN2O4.C11H11FN2O5.C11H9FN2O4/c1-17(2)37(18(3)4)32-16-21-23(34-38(35-37,19(5)6)20(7)8)26(27,13-15-36(9,10)11)24(33-21)29-14-12-22(30)28-25(29)31;1-17(2)37(18(3)4)32-16-21-23(34-38(35-37,19(5)6)20(7)8)26(31,13-15-36(9,10)11)24(33-21)28-14-12-22(29)27-25(28)30;1-2-11(12)8(17)6(5-13)19-9(11)15-4-3-7(16)14-10(15)18;1-2-11(12)8(17)6(5-15)19-9(11)14-4-3-7(16)13-10(14)18;1-3-11(12)8(16)6(2)18-9(11)14-5-4-7(15)13-10(14)17/h12,14,17-21,23-24H,16H2,1-11H3,(H,28,30,31);12,14,17-21,23-24,31H,16H2,1-11H3,(H,27,29,30);1,3-4,6,8-9,17H,5H2,(H,14,16,18);1,3-4,6,8-9,15,17H,5H2,(H,13,16,18);1,4-5,8-9,16H,2H2,(H,13,15,17)/t21-,23-,24-,26-;21-,23-,24-,26+;2*6-,8-,9-,11-;8-,9-,11-/m11111/s1. The van der Waals surface area contributed by atoms with Crippen molar-refractivity contribution < 1.29 is 92.7 Å². The maximum atomic E-state index is 17.6. The minimum Gasteiger partial charge on any atom is -0.467 e. The van der Waals surface area contributed by atoms with E-state index in [0.29, 0.717) is 4.43 Å². The summed E-state index contributed by atoms with van der Waals surface area (Å²) in [5.41, 5.74) is -12.2. The molecule has 19 atom stereocenters. The van der Waals surface area contributed by atoms with Gasteiger partial charge >= 0.3 is 62.7 Å². The largest absolute Gasteiger partial charge is 0.467 e. The Kier molecular flexibility index (Phi) is 34.6. The number of aromatic amines is 5. The number of hydrogen-bond donors (Lipinski definition) is 10. The highest BCUT2D eigenvalue weighted by molar-refractivity contribution is 14.1. The van der Waals surface area contributed by atoms with Crippen LogP contribution < -0.4 is 56.2 Å². The lowest BCUT2D eigenvalue weighted by atomic mass is 9.95. The Morgan fingerprint density at radius 2 is 0.735 bits per heavy atom. The fraction of sp³-hybridized carbons (Fsp3) is 0.624. The number of halogens is 5. The van der Waals surface area contributed by atoms with Gasteiger partial charge in [0.25, 0.3) is 33.5 Å². The molecule has 0 aromatic carbocycles. The van der Waals surface area contributed by atoms with Crippen molar-refractivity contribution >= 4 is 73.0 Å². The lowest BCUT2D eigenvalue weighted by Crippen LogP contribution is -2.67. The van der Waals surface area contributed by atoms with E-state index < -0.39 is 228 Å². The summed E-state index contributed by atoms with van der Waals surface area (Å²) in [5.74, 6) is 11.1. The van der Waals surface area contributed by atoms with Crippen LogP contribution in [0.3, 0.4) is 0 Å². The molecule has 7 aliphatic rings. The Morgan fingerprint density at radius 3 is 1.05 bits per heavy atom. The normalized spacial score (nSPS) is 30.8. The highest BCUT2D eigenvalue weighted by Gasteiger charge is 2.70. The molecule has 7 aliphatic heterocycles. The van der Waals surface area contributed by atoms with Gasteiger partial charge in [0.05, 0.1) is 25.9 Å². The molecule has 726 valence electrons. The lowest BCUT2D eigenvalue weighted by Gasteiger charge is -2.51. The van der Waals surface area contributed by atoms with Gasteiger partial charge in [-0.1, -0.05) is 209 Å². The lowest BCUT2D eigenvalue weighted by molar-refractivity contribution is -0.0750. The number of fused-ring (bicyclic) bond motifs is 2. The Bertz CT molecular complexity index is 5580. The molecule has 0 amide bonds. The van der Waals surface area contributed by atoms with Gasteiger partial charge in [-0.05, 0) is 44.3 Å². The van der Waals surface area contributed by atoms with Gasteiger partial charge in [0.15, 0.2) is 36.6 Å². The molecule has 12 rings (SSSR count). The van der Waals surface area contributed by atoms with Crippen LogP contribution in [-0.4, -0.2) is 231 Å². The van der Waals surface area contributed by atoms with E-state index >= 15 is 4.39 Å². The number of rotatable bonds is 15. The van der Waals surface area contributed by atoms with E-state index in [1.54, 1.807) is 11.8 Å². The van der Waals surface area contributed by atoms with E-state index in [4.69, 9.17) is 74.0 Å². The average Bonchev–Trinajstić information content (AvgIpc) is 1.54. The molecule has 10 N–H and O–H groups in total. The van der Waals surface area contributed by atoms with Crippen LogP contribution in [0.5, 0.6) is 0 Å². The van der Waals surface area contributed by atoms with Gasteiger partial charge in [-0.3, -0.25) is 71.7 Å². The second-order valence-corrected chi connectivity index (χ2v) is 65.7. The number of nitrogens with zero attached hydrogens (tertiary/aromatic N) is 5. The van der Waals surface area contributed by atoms with Gasteiger partial charge in [-0.25, -0.2) is 41.5 Å². The topological polar surface area (TPSA) is 477 Å². The highest BCUT2D eigenvalue weighted by atomic mass is 127. The molecule has 0 aliphatic carbocycles. The molecular weight excluding hydrogens is 1950 g/mol. The summed E-state index contributed by atoms with van der Waals surface area (Å²) in [4.78, 5) is 127. The first-order chi connectivity index (χ1) is 61.1. The van der Waals surface area contributed by atoms with E-state index in [9.17, 15) is 81.5 Å². The predicted octanol–water partition coefficient (Wildman–Crippen LogP) is 5.96. The minimum atomic E-state index is -3.17. The van der Waals surface area contributed by atoms with E-state index in [0.717, 1.165) is 55.1 Å². The van der Waals surface area contributed by atoms with Crippen LogP contribution >= 0.6 is 22.6 Å². The van der Waals surface area contributed by atoms with Crippen molar-refractivity contribution in [1.29, 1.82) is 0 Å². The number of ether oxygens (including phenoxy) is 5. The number of hydrogen-bond acceptors (Lipinski definition) is 26. The first-order valence-electron chi connectivity index (χ1n) is 42.9.